The lowest BCUT2D eigenvalue weighted by atomic mass is 10.0. The molecule has 2 aromatic rings. The highest BCUT2D eigenvalue weighted by Crippen LogP contribution is 2.26. The van der Waals surface area contributed by atoms with E-state index in [1.807, 2.05) is 19.9 Å². The summed E-state index contributed by atoms with van der Waals surface area (Å²) in [6.07, 6.45) is 0.349. The fraction of sp³-hybridized carbons (Fsp3) is 0.500. The van der Waals surface area contributed by atoms with Crippen LogP contribution in [-0.2, 0) is 6.42 Å². The third kappa shape index (κ3) is 3.08. The standard InChI is InChI=1S/C16H21N3O2/c1-10-4-11(2)17-16(5-10)19-8-13(15(20)9-19)7-14-6-12(3)18-21-14/h4-6,13,15,20H,7-9H2,1-3H3/t13-,15+/m1/s1. The van der Waals surface area contributed by atoms with Crippen LogP contribution in [0.5, 0.6) is 0 Å². The van der Waals surface area contributed by atoms with Crippen LogP contribution < -0.4 is 4.90 Å². The Labute approximate surface area is 124 Å². The third-order valence-electron chi connectivity index (χ3n) is 3.95. The lowest BCUT2D eigenvalue weighted by molar-refractivity contribution is 0.143. The van der Waals surface area contributed by atoms with Crippen LogP contribution in [0.4, 0.5) is 5.82 Å². The second-order valence-corrected chi connectivity index (χ2v) is 6.02. The summed E-state index contributed by atoms with van der Waals surface area (Å²) in [5.41, 5.74) is 3.08. The van der Waals surface area contributed by atoms with E-state index in [1.54, 1.807) is 0 Å². The van der Waals surface area contributed by atoms with Crippen molar-refractivity contribution in [3.05, 3.63) is 40.9 Å². The van der Waals surface area contributed by atoms with Crippen molar-refractivity contribution in [2.45, 2.75) is 33.3 Å². The molecule has 2 aromatic heterocycles. The van der Waals surface area contributed by atoms with Gasteiger partial charge in [-0.05, 0) is 38.5 Å². The summed E-state index contributed by atoms with van der Waals surface area (Å²) in [6.45, 7) is 7.38. The van der Waals surface area contributed by atoms with Crippen LogP contribution in [0.1, 0.15) is 22.7 Å². The SMILES string of the molecule is Cc1cc(C)nc(N2C[C@@H](Cc3cc(C)no3)[C@@H](O)C2)c1. The lowest BCUT2D eigenvalue weighted by Gasteiger charge is -2.18. The van der Waals surface area contributed by atoms with E-state index >= 15 is 0 Å². The molecule has 5 nitrogen and oxygen atoms in total. The number of nitrogens with zero attached hydrogens (tertiary/aromatic N) is 3. The van der Waals surface area contributed by atoms with E-state index in [1.165, 1.54) is 5.56 Å². The van der Waals surface area contributed by atoms with Gasteiger partial charge in [-0.2, -0.15) is 0 Å². The number of anilines is 1. The molecule has 1 fully saturated rings. The predicted octanol–water partition coefficient (Wildman–Crippen LogP) is 2.03. The van der Waals surface area contributed by atoms with Crippen molar-refractivity contribution in [2.75, 3.05) is 18.0 Å². The quantitative estimate of drug-likeness (QED) is 0.936. The van der Waals surface area contributed by atoms with Crippen LogP contribution in [0.3, 0.4) is 0 Å². The van der Waals surface area contributed by atoms with Gasteiger partial charge in [0, 0.05) is 37.2 Å². The average molecular weight is 287 g/mol. The molecule has 1 aliphatic heterocycles. The minimum absolute atomic E-state index is 0.153. The van der Waals surface area contributed by atoms with Crippen molar-refractivity contribution in [1.82, 2.24) is 10.1 Å². The van der Waals surface area contributed by atoms with Gasteiger partial charge in [-0.1, -0.05) is 5.16 Å². The molecule has 3 rings (SSSR count). The Balaban J connectivity index is 1.73. The molecular formula is C16H21N3O2. The number of rotatable bonds is 3. The number of aromatic nitrogens is 2. The number of aryl methyl sites for hydroxylation is 3. The van der Waals surface area contributed by atoms with Gasteiger partial charge in [0.1, 0.15) is 11.6 Å². The van der Waals surface area contributed by atoms with Crippen LogP contribution >= 0.6 is 0 Å². The fourth-order valence-corrected chi connectivity index (χ4v) is 2.99. The summed E-state index contributed by atoms with van der Waals surface area (Å²) in [5.74, 6) is 1.94. The Morgan fingerprint density at radius 3 is 2.67 bits per heavy atom. The van der Waals surface area contributed by atoms with Crippen molar-refractivity contribution in [3.8, 4) is 0 Å². The highest BCUT2D eigenvalue weighted by atomic mass is 16.5. The fourth-order valence-electron chi connectivity index (χ4n) is 2.99. The zero-order valence-electron chi connectivity index (χ0n) is 12.7. The van der Waals surface area contributed by atoms with E-state index in [4.69, 9.17) is 4.52 Å². The molecule has 1 aliphatic rings. The molecule has 1 saturated heterocycles. The molecule has 3 heterocycles. The molecule has 0 radical (unpaired) electrons. The molecular weight excluding hydrogens is 266 g/mol. The molecule has 0 spiro atoms. The molecule has 2 atom stereocenters. The first-order chi connectivity index (χ1) is 10.0. The van der Waals surface area contributed by atoms with Gasteiger partial charge in [0.05, 0.1) is 11.8 Å². The number of aliphatic hydroxyl groups is 1. The van der Waals surface area contributed by atoms with Gasteiger partial charge in [-0.15, -0.1) is 0 Å². The van der Waals surface area contributed by atoms with E-state index < -0.39 is 0 Å². The van der Waals surface area contributed by atoms with Gasteiger partial charge in [0.2, 0.25) is 0 Å². The summed E-state index contributed by atoms with van der Waals surface area (Å²) in [4.78, 5) is 6.73. The van der Waals surface area contributed by atoms with Gasteiger partial charge in [0.15, 0.2) is 0 Å². The molecule has 0 unspecified atom stereocenters. The Morgan fingerprint density at radius 2 is 2.00 bits per heavy atom. The van der Waals surface area contributed by atoms with Crippen LogP contribution in [0.15, 0.2) is 22.7 Å². The molecule has 1 N–H and O–H groups in total. The van der Waals surface area contributed by atoms with Crippen molar-refractivity contribution in [3.63, 3.8) is 0 Å². The van der Waals surface area contributed by atoms with E-state index in [2.05, 4.69) is 34.1 Å². The molecule has 0 bridgehead atoms. The molecule has 21 heavy (non-hydrogen) atoms. The minimum atomic E-state index is -0.363. The summed E-state index contributed by atoms with van der Waals surface area (Å²) < 4.78 is 5.26. The molecule has 0 amide bonds. The Bertz CT molecular complexity index is 618. The first kappa shape index (κ1) is 14.1. The highest BCUT2D eigenvalue weighted by Gasteiger charge is 2.33. The predicted molar refractivity (Wildman–Crippen MR) is 80.4 cm³/mol. The van der Waals surface area contributed by atoms with Crippen LogP contribution in [0, 0.1) is 26.7 Å². The first-order valence-corrected chi connectivity index (χ1v) is 7.32. The number of hydrogen-bond donors (Lipinski definition) is 1. The van der Waals surface area contributed by atoms with Crippen molar-refractivity contribution in [1.29, 1.82) is 0 Å². The van der Waals surface area contributed by atoms with E-state index in [0.717, 1.165) is 29.5 Å². The molecule has 0 saturated carbocycles. The second kappa shape index (κ2) is 5.48. The third-order valence-corrected chi connectivity index (χ3v) is 3.95. The first-order valence-electron chi connectivity index (χ1n) is 7.32. The largest absolute Gasteiger partial charge is 0.391 e. The van der Waals surface area contributed by atoms with Crippen molar-refractivity contribution >= 4 is 5.82 Å². The summed E-state index contributed by atoms with van der Waals surface area (Å²) >= 11 is 0. The number of aliphatic hydroxyl groups excluding tert-OH is 1. The monoisotopic (exact) mass is 287 g/mol. The number of pyridine rings is 1. The Hall–Kier alpha value is -1.88. The second-order valence-electron chi connectivity index (χ2n) is 6.02. The van der Waals surface area contributed by atoms with E-state index in [9.17, 15) is 5.11 Å². The minimum Gasteiger partial charge on any atom is -0.391 e. The zero-order valence-corrected chi connectivity index (χ0v) is 12.7. The topological polar surface area (TPSA) is 62.4 Å². The summed E-state index contributed by atoms with van der Waals surface area (Å²) in [5, 5.41) is 14.2. The number of β-amino-alcohol motifs (C(OH)–C–C–N with tert-alkyl or cyclic N) is 1. The molecule has 5 heteroatoms. The van der Waals surface area contributed by atoms with Crippen molar-refractivity contribution < 1.29 is 9.63 Å². The van der Waals surface area contributed by atoms with Crippen molar-refractivity contribution in [2.24, 2.45) is 5.92 Å². The Morgan fingerprint density at radius 1 is 1.19 bits per heavy atom. The van der Waals surface area contributed by atoms with Gasteiger partial charge < -0.3 is 14.5 Å². The average Bonchev–Trinajstić information content (AvgIpc) is 2.96. The maximum Gasteiger partial charge on any atom is 0.137 e. The zero-order chi connectivity index (χ0) is 15.0. The van der Waals surface area contributed by atoms with E-state index in [-0.39, 0.29) is 12.0 Å². The highest BCUT2D eigenvalue weighted by molar-refractivity contribution is 5.44. The molecule has 0 aromatic carbocycles. The van der Waals surface area contributed by atoms with E-state index in [0.29, 0.717) is 13.0 Å². The summed E-state index contributed by atoms with van der Waals surface area (Å²) in [7, 11) is 0. The maximum absolute atomic E-state index is 10.3. The van der Waals surface area contributed by atoms with Gasteiger partial charge in [-0.3, -0.25) is 0 Å². The normalized spacial score (nSPS) is 22.0. The van der Waals surface area contributed by atoms with Crippen LogP contribution in [0.25, 0.3) is 0 Å². The van der Waals surface area contributed by atoms with Gasteiger partial charge in [-0.25, -0.2) is 4.98 Å². The van der Waals surface area contributed by atoms with Crippen LogP contribution in [0.2, 0.25) is 0 Å². The molecule has 112 valence electrons. The van der Waals surface area contributed by atoms with Crippen LogP contribution in [-0.4, -0.2) is 34.4 Å². The van der Waals surface area contributed by atoms with Gasteiger partial charge >= 0.3 is 0 Å². The molecule has 0 aliphatic carbocycles. The number of hydrogen-bond acceptors (Lipinski definition) is 5. The lowest BCUT2D eigenvalue weighted by Crippen LogP contribution is -2.22. The summed E-state index contributed by atoms with van der Waals surface area (Å²) in [6, 6.07) is 6.07. The maximum atomic E-state index is 10.3. The smallest absolute Gasteiger partial charge is 0.137 e. The Kier molecular flexibility index (Phi) is 3.68. The van der Waals surface area contributed by atoms with Gasteiger partial charge in [0.25, 0.3) is 0 Å².